The van der Waals surface area contributed by atoms with E-state index in [2.05, 4.69) is 20.7 Å². The van der Waals surface area contributed by atoms with Crippen molar-refractivity contribution in [3.8, 4) is 0 Å². The molecule has 2 aromatic rings. The summed E-state index contributed by atoms with van der Waals surface area (Å²) in [5.74, 6) is 6.74. The standard InChI is InChI=1S/C14H18FN5/c1-3-4-12-18-13(8-14(19-12)20-16)17-11-6-5-9(2)7-10(11)15/h5-8H,3-4,16H2,1-2H3,(H2,17,18,19,20). The van der Waals surface area contributed by atoms with Crippen LogP contribution in [0.1, 0.15) is 24.7 Å². The number of hydrogen-bond acceptors (Lipinski definition) is 5. The molecule has 106 valence electrons. The second kappa shape index (κ2) is 6.29. The number of nitrogens with two attached hydrogens (primary N) is 1. The molecule has 0 aliphatic heterocycles. The molecule has 0 aliphatic rings. The Hall–Kier alpha value is -2.21. The van der Waals surface area contributed by atoms with Crippen molar-refractivity contribution in [1.29, 1.82) is 0 Å². The number of halogens is 1. The summed E-state index contributed by atoms with van der Waals surface area (Å²) >= 11 is 0. The van der Waals surface area contributed by atoms with Gasteiger partial charge < -0.3 is 10.7 Å². The van der Waals surface area contributed by atoms with Gasteiger partial charge in [0.25, 0.3) is 0 Å². The molecule has 0 unspecified atom stereocenters. The van der Waals surface area contributed by atoms with Crippen LogP contribution in [0.15, 0.2) is 24.3 Å². The van der Waals surface area contributed by atoms with Gasteiger partial charge >= 0.3 is 0 Å². The Morgan fingerprint density at radius 1 is 1.20 bits per heavy atom. The monoisotopic (exact) mass is 275 g/mol. The van der Waals surface area contributed by atoms with E-state index in [4.69, 9.17) is 5.84 Å². The highest BCUT2D eigenvalue weighted by Gasteiger charge is 2.07. The predicted molar refractivity (Wildman–Crippen MR) is 78.3 cm³/mol. The molecular weight excluding hydrogens is 257 g/mol. The molecular formula is C14H18FN5. The fourth-order valence-corrected chi connectivity index (χ4v) is 1.83. The highest BCUT2D eigenvalue weighted by Crippen LogP contribution is 2.21. The van der Waals surface area contributed by atoms with E-state index in [1.807, 2.05) is 19.9 Å². The van der Waals surface area contributed by atoms with Crippen LogP contribution in [0.4, 0.5) is 21.7 Å². The summed E-state index contributed by atoms with van der Waals surface area (Å²) in [4.78, 5) is 8.58. The van der Waals surface area contributed by atoms with Crippen LogP contribution in [0.3, 0.4) is 0 Å². The van der Waals surface area contributed by atoms with Crippen LogP contribution in [-0.4, -0.2) is 9.97 Å². The van der Waals surface area contributed by atoms with Crippen molar-refractivity contribution >= 4 is 17.3 Å². The van der Waals surface area contributed by atoms with Crippen molar-refractivity contribution in [1.82, 2.24) is 9.97 Å². The Morgan fingerprint density at radius 3 is 2.60 bits per heavy atom. The maximum absolute atomic E-state index is 13.8. The van der Waals surface area contributed by atoms with E-state index in [0.717, 1.165) is 18.4 Å². The van der Waals surface area contributed by atoms with E-state index in [0.29, 0.717) is 23.1 Å². The summed E-state index contributed by atoms with van der Waals surface area (Å²) in [6.45, 7) is 3.88. The average Bonchev–Trinajstić information content (AvgIpc) is 2.42. The summed E-state index contributed by atoms with van der Waals surface area (Å²) in [6, 6.07) is 6.63. The number of anilines is 3. The summed E-state index contributed by atoms with van der Waals surface area (Å²) in [6.07, 6.45) is 1.66. The SMILES string of the molecule is CCCc1nc(NN)cc(Nc2ccc(C)cc2F)n1. The lowest BCUT2D eigenvalue weighted by Gasteiger charge is -2.10. The van der Waals surface area contributed by atoms with Crippen LogP contribution in [0.25, 0.3) is 0 Å². The molecule has 0 bridgehead atoms. The molecule has 0 aliphatic carbocycles. The number of aromatic nitrogens is 2. The topological polar surface area (TPSA) is 75.9 Å². The highest BCUT2D eigenvalue weighted by molar-refractivity contribution is 5.60. The quantitative estimate of drug-likeness (QED) is 0.578. The summed E-state index contributed by atoms with van der Waals surface area (Å²) in [5.41, 5.74) is 3.73. The maximum Gasteiger partial charge on any atom is 0.146 e. The first-order valence-corrected chi connectivity index (χ1v) is 6.50. The molecule has 1 aromatic carbocycles. The summed E-state index contributed by atoms with van der Waals surface area (Å²) in [7, 11) is 0. The van der Waals surface area contributed by atoms with E-state index < -0.39 is 0 Å². The lowest BCUT2D eigenvalue weighted by atomic mass is 10.2. The van der Waals surface area contributed by atoms with E-state index in [1.165, 1.54) is 6.07 Å². The second-order valence-corrected chi connectivity index (χ2v) is 4.56. The Kier molecular flexibility index (Phi) is 4.47. The number of nitrogen functional groups attached to an aromatic ring is 1. The molecule has 1 heterocycles. The van der Waals surface area contributed by atoms with Crippen LogP contribution >= 0.6 is 0 Å². The van der Waals surface area contributed by atoms with Gasteiger partial charge in [0, 0.05) is 12.5 Å². The van der Waals surface area contributed by atoms with Crippen LogP contribution in [0, 0.1) is 12.7 Å². The number of nitrogens with one attached hydrogen (secondary N) is 2. The number of rotatable bonds is 5. The van der Waals surface area contributed by atoms with Crippen LogP contribution in [-0.2, 0) is 6.42 Å². The summed E-state index contributed by atoms with van der Waals surface area (Å²) < 4.78 is 13.8. The zero-order valence-electron chi connectivity index (χ0n) is 11.6. The molecule has 4 N–H and O–H groups in total. The van der Waals surface area contributed by atoms with Gasteiger partial charge in [-0.25, -0.2) is 20.2 Å². The predicted octanol–water partition coefficient (Wildman–Crippen LogP) is 2.91. The number of hydrogen-bond donors (Lipinski definition) is 3. The van der Waals surface area contributed by atoms with Gasteiger partial charge in [-0.2, -0.15) is 0 Å². The lowest BCUT2D eigenvalue weighted by molar-refractivity contribution is 0.630. The Labute approximate surface area is 117 Å². The Morgan fingerprint density at radius 2 is 1.95 bits per heavy atom. The van der Waals surface area contributed by atoms with Gasteiger partial charge in [-0.3, -0.25) is 0 Å². The van der Waals surface area contributed by atoms with Gasteiger partial charge in [0.2, 0.25) is 0 Å². The van der Waals surface area contributed by atoms with Crippen molar-refractivity contribution in [2.45, 2.75) is 26.7 Å². The van der Waals surface area contributed by atoms with Crippen LogP contribution < -0.4 is 16.6 Å². The molecule has 6 heteroatoms. The molecule has 0 atom stereocenters. The number of hydrazine groups is 1. The molecule has 1 aromatic heterocycles. The van der Waals surface area contributed by atoms with Crippen molar-refractivity contribution in [2.24, 2.45) is 5.84 Å². The first kappa shape index (κ1) is 14.2. The molecule has 0 spiro atoms. The minimum Gasteiger partial charge on any atom is -0.338 e. The van der Waals surface area contributed by atoms with Gasteiger partial charge in [0.05, 0.1) is 5.69 Å². The number of benzene rings is 1. The Balaban J connectivity index is 2.29. The van der Waals surface area contributed by atoms with Crippen molar-refractivity contribution in [3.05, 3.63) is 41.5 Å². The van der Waals surface area contributed by atoms with Crippen LogP contribution in [0.5, 0.6) is 0 Å². The van der Waals surface area contributed by atoms with E-state index in [1.54, 1.807) is 12.1 Å². The van der Waals surface area contributed by atoms with Gasteiger partial charge in [0.1, 0.15) is 23.3 Å². The average molecular weight is 275 g/mol. The number of nitrogens with zero attached hydrogens (tertiary/aromatic N) is 2. The van der Waals surface area contributed by atoms with Gasteiger partial charge in [-0.1, -0.05) is 13.0 Å². The molecule has 20 heavy (non-hydrogen) atoms. The minimum absolute atomic E-state index is 0.317. The highest BCUT2D eigenvalue weighted by atomic mass is 19.1. The van der Waals surface area contributed by atoms with Gasteiger partial charge in [-0.15, -0.1) is 0 Å². The van der Waals surface area contributed by atoms with Crippen molar-refractivity contribution in [3.63, 3.8) is 0 Å². The fourth-order valence-electron chi connectivity index (χ4n) is 1.83. The molecule has 5 nitrogen and oxygen atoms in total. The molecule has 2 rings (SSSR count). The lowest BCUT2D eigenvalue weighted by Crippen LogP contribution is -2.11. The normalized spacial score (nSPS) is 10.4. The van der Waals surface area contributed by atoms with E-state index >= 15 is 0 Å². The van der Waals surface area contributed by atoms with Gasteiger partial charge in [0.15, 0.2) is 0 Å². The van der Waals surface area contributed by atoms with Crippen molar-refractivity contribution in [2.75, 3.05) is 10.7 Å². The molecule has 0 saturated heterocycles. The second-order valence-electron chi connectivity index (χ2n) is 4.56. The zero-order valence-corrected chi connectivity index (χ0v) is 11.6. The third-order valence-corrected chi connectivity index (χ3v) is 2.78. The maximum atomic E-state index is 13.8. The zero-order chi connectivity index (χ0) is 14.5. The molecule has 0 fully saturated rings. The first-order chi connectivity index (χ1) is 9.62. The third kappa shape index (κ3) is 3.42. The fraction of sp³-hybridized carbons (Fsp3) is 0.286. The van der Waals surface area contributed by atoms with E-state index in [9.17, 15) is 4.39 Å². The van der Waals surface area contributed by atoms with Gasteiger partial charge in [-0.05, 0) is 31.0 Å². The minimum atomic E-state index is -0.317. The van der Waals surface area contributed by atoms with Crippen molar-refractivity contribution < 1.29 is 4.39 Å². The smallest absolute Gasteiger partial charge is 0.146 e. The largest absolute Gasteiger partial charge is 0.338 e. The molecule has 0 saturated carbocycles. The van der Waals surface area contributed by atoms with Crippen LogP contribution in [0.2, 0.25) is 0 Å². The molecule has 0 amide bonds. The first-order valence-electron chi connectivity index (χ1n) is 6.50. The molecule has 0 radical (unpaired) electrons. The van der Waals surface area contributed by atoms with E-state index in [-0.39, 0.29) is 5.82 Å². The number of aryl methyl sites for hydroxylation is 2. The Bertz CT molecular complexity index is 600. The summed E-state index contributed by atoms with van der Waals surface area (Å²) in [5, 5.41) is 2.95. The third-order valence-electron chi connectivity index (χ3n) is 2.78.